The van der Waals surface area contributed by atoms with Crippen molar-refractivity contribution in [1.29, 1.82) is 0 Å². The van der Waals surface area contributed by atoms with E-state index >= 15 is 0 Å². The normalized spacial score (nSPS) is 20.2. The molecule has 4 rings (SSSR count). The number of hydrogen-bond acceptors (Lipinski definition) is 4. The van der Waals surface area contributed by atoms with Gasteiger partial charge in [0, 0.05) is 31.1 Å². The van der Waals surface area contributed by atoms with E-state index in [0.717, 1.165) is 63.1 Å². The molecular formula is C29H40N2O2. The number of aryl methyl sites for hydroxylation is 1. The molecule has 0 amide bonds. The second-order valence-electron chi connectivity index (χ2n) is 9.87. The van der Waals surface area contributed by atoms with Crippen molar-refractivity contribution < 1.29 is 9.53 Å². The Kier molecular flexibility index (Phi) is 8.96. The fraction of sp³-hybridized carbons (Fsp3) is 0.552. The number of nitrogens with zero attached hydrogens (tertiary/aromatic N) is 2. The standard InChI is InChI=1S/C29H40N2O2/c1-30-19-8-14-26(30)13-6-16-29(32)25-12-5-15-28(23-25)33-27-17-21-31(22-18-27)20-7-11-24-9-3-2-4-10-24/h2-5,9-10,12,15,23,26-27H,6-8,11,13-14,16-22H2,1H3. The summed E-state index contributed by atoms with van der Waals surface area (Å²) in [6.45, 7) is 4.54. The monoisotopic (exact) mass is 448 g/mol. The molecular weight excluding hydrogens is 408 g/mol. The first-order chi connectivity index (χ1) is 16.2. The van der Waals surface area contributed by atoms with Gasteiger partial charge in [-0.1, -0.05) is 42.5 Å². The van der Waals surface area contributed by atoms with Gasteiger partial charge in [0.1, 0.15) is 11.9 Å². The molecule has 2 heterocycles. The number of likely N-dealkylation sites (tertiary alicyclic amines) is 2. The van der Waals surface area contributed by atoms with Crippen LogP contribution in [0, 0.1) is 0 Å². The van der Waals surface area contributed by atoms with E-state index in [2.05, 4.69) is 47.2 Å². The minimum Gasteiger partial charge on any atom is -0.490 e. The quantitative estimate of drug-likeness (QED) is 0.418. The number of ketones is 1. The lowest BCUT2D eigenvalue weighted by molar-refractivity contribution is 0.0962. The molecule has 0 aromatic heterocycles. The van der Waals surface area contributed by atoms with Gasteiger partial charge in [-0.15, -0.1) is 0 Å². The van der Waals surface area contributed by atoms with Gasteiger partial charge in [-0.25, -0.2) is 0 Å². The second-order valence-corrected chi connectivity index (χ2v) is 9.87. The lowest BCUT2D eigenvalue weighted by Gasteiger charge is -2.32. The molecule has 178 valence electrons. The van der Waals surface area contributed by atoms with Gasteiger partial charge < -0.3 is 14.5 Å². The first-order valence-electron chi connectivity index (χ1n) is 12.9. The van der Waals surface area contributed by atoms with Gasteiger partial charge in [0.25, 0.3) is 0 Å². The zero-order chi connectivity index (χ0) is 22.9. The van der Waals surface area contributed by atoms with Crippen LogP contribution >= 0.6 is 0 Å². The average molecular weight is 449 g/mol. The number of benzene rings is 2. The largest absolute Gasteiger partial charge is 0.490 e. The molecule has 0 spiro atoms. The second kappa shape index (κ2) is 12.3. The highest BCUT2D eigenvalue weighted by molar-refractivity contribution is 5.96. The summed E-state index contributed by atoms with van der Waals surface area (Å²) in [4.78, 5) is 17.7. The van der Waals surface area contributed by atoms with Gasteiger partial charge >= 0.3 is 0 Å². The summed E-state index contributed by atoms with van der Waals surface area (Å²) in [6.07, 6.45) is 10.0. The van der Waals surface area contributed by atoms with Crippen molar-refractivity contribution in [2.45, 2.75) is 69.9 Å². The Labute approximate surface area is 199 Å². The summed E-state index contributed by atoms with van der Waals surface area (Å²) >= 11 is 0. The van der Waals surface area contributed by atoms with Crippen LogP contribution in [0.15, 0.2) is 54.6 Å². The van der Waals surface area contributed by atoms with E-state index in [0.29, 0.717) is 12.5 Å². The minimum atomic E-state index is 0.245. The molecule has 1 unspecified atom stereocenters. The van der Waals surface area contributed by atoms with Crippen molar-refractivity contribution in [3.8, 4) is 5.75 Å². The van der Waals surface area contributed by atoms with Gasteiger partial charge in [0.15, 0.2) is 5.78 Å². The highest BCUT2D eigenvalue weighted by Gasteiger charge is 2.22. The van der Waals surface area contributed by atoms with Gasteiger partial charge in [-0.3, -0.25) is 4.79 Å². The molecule has 2 aliphatic rings. The summed E-state index contributed by atoms with van der Waals surface area (Å²) in [5, 5.41) is 0. The van der Waals surface area contributed by atoms with Crippen molar-refractivity contribution in [3.63, 3.8) is 0 Å². The Morgan fingerprint density at radius 3 is 2.55 bits per heavy atom. The first kappa shape index (κ1) is 24.0. The van der Waals surface area contributed by atoms with E-state index in [4.69, 9.17) is 4.74 Å². The maximum Gasteiger partial charge on any atom is 0.163 e. The molecule has 0 saturated carbocycles. The fourth-order valence-corrected chi connectivity index (χ4v) is 5.32. The molecule has 2 aliphatic heterocycles. The van der Waals surface area contributed by atoms with Gasteiger partial charge in [-0.2, -0.15) is 0 Å². The number of carbonyl (C=O) groups is 1. The molecule has 0 N–H and O–H groups in total. The predicted molar refractivity (Wildman–Crippen MR) is 135 cm³/mol. The average Bonchev–Trinajstić information content (AvgIpc) is 3.25. The Hall–Kier alpha value is -2.17. The number of carbonyl (C=O) groups excluding carboxylic acids is 1. The van der Waals surface area contributed by atoms with Crippen LogP contribution in [0.2, 0.25) is 0 Å². The zero-order valence-electron chi connectivity index (χ0n) is 20.3. The zero-order valence-corrected chi connectivity index (χ0v) is 20.3. The molecule has 4 heteroatoms. The number of Topliss-reactive ketones (excluding diaryl/α,β-unsaturated/α-hetero) is 1. The van der Waals surface area contributed by atoms with Crippen LogP contribution in [0.5, 0.6) is 5.75 Å². The van der Waals surface area contributed by atoms with Crippen LogP contribution in [0.3, 0.4) is 0 Å². The SMILES string of the molecule is CN1CCCC1CCCC(=O)c1cccc(OC2CCN(CCCc3ccccc3)CC2)c1. The van der Waals surface area contributed by atoms with Gasteiger partial charge in [-0.05, 0) is 89.2 Å². The molecule has 0 radical (unpaired) electrons. The molecule has 0 bridgehead atoms. The van der Waals surface area contributed by atoms with Crippen LogP contribution in [0.1, 0.15) is 67.3 Å². The summed E-state index contributed by atoms with van der Waals surface area (Å²) in [6, 6.07) is 19.3. The lowest BCUT2D eigenvalue weighted by Crippen LogP contribution is -2.38. The van der Waals surface area contributed by atoms with Crippen LogP contribution in [-0.2, 0) is 6.42 Å². The lowest BCUT2D eigenvalue weighted by atomic mass is 10.0. The first-order valence-corrected chi connectivity index (χ1v) is 12.9. The molecule has 2 aromatic rings. The summed E-state index contributed by atoms with van der Waals surface area (Å²) in [5.41, 5.74) is 2.22. The third-order valence-electron chi connectivity index (χ3n) is 7.39. The van der Waals surface area contributed by atoms with E-state index in [1.807, 2.05) is 24.3 Å². The fourth-order valence-electron chi connectivity index (χ4n) is 5.32. The number of rotatable bonds is 11. The van der Waals surface area contributed by atoms with Crippen LogP contribution in [0.25, 0.3) is 0 Å². The van der Waals surface area contributed by atoms with E-state index in [-0.39, 0.29) is 11.9 Å². The third kappa shape index (κ3) is 7.41. The predicted octanol–water partition coefficient (Wildman–Crippen LogP) is 5.61. The van der Waals surface area contributed by atoms with E-state index < -0.39 is 0 Å². The number of ether oxygens (including phenoxy) is 1. The number of piperidine rings is 1. The highest BCUT2D eigenvalue weighted by atomic mass is 16.5. The molecule has 33 heavy (non-hydrogen) atoms. The minimum absolute atomic E-state index is 0.245. The third-order valence-corrected chi connectivity index (χ3v) is 7.39. The van der Waals surface area contributed by atoms with Crippen molar-refractivity contribution in [1.82, 2.24) is 9.80 Å². The van der Waals surface area contributed by atoms with Gasteiger partial charge in [0.05, 0.1) is 0 Å². The van der Waals surface area contributed by atoms with Crippen LogP contribution < -0.4 is 4.74 Å². The Balaban J connectivity index is 1.16. The topological polar surface area (TPSA) is 32.8 Å². The van der Waals surface area contributed by atoms with E-state index in [1.54, 1.807) is 0 Å². The maximum absolute atomic E-state index is 12.7. The maximum atomic E-state index is 12.7. The Bertz CT molecular complexity index is 861. The molecule has 0 aliphatic carbocycles. The molecule has 4 nitrogen and oxygen atoms in total. The van der Waals surface area contributed by atoms with Crippen molar-refractivity contribution >= 4 is 5.78 Å². The molecule has 2 aromatic carbocycles. The Morgan fingerprint density at radius 1 is 0.970 bits per heavy atom. The van der Waals surface area contributed by atoms with Crippen LogP contribution in [-0.4, -0.2) is 61.0 Å². The summed E-state index contributed by atoms with van der Waals surface area (Å²) < 4.78 is 6.28. The van der Waals surface area contributed by atoms with Crippen LogP contribution in [0.4, 0.5) is 0 Å². The molecule has 1 atom stereocenters. The highest BCUT2D eigenvalue weighted by Crippen LogP contribution is 2.23. The van der Waals surface area contributed by atoms with Crippen molar-refractivity contribution in [2.75, 3.05) is 33.2 Å². The van der Waals surface area contributed by atoms with E-state index in [9.17, 15) is 4.79 Å². The molecule has 2 saturated heterocycles. The molecule has 2 fully saturated rings. The van der Waals surface area contributed by atoms with Gasteiger partial charge in [0.2, 0.25) is 0 Å². The van der Waals surface area contributed by atoms with Crippen molar-refractivity contribution in [2.24, 2.45) is 0 Å². The van der Waals surface area contributed by atoms with E-state index in [1.165, 1.54) is 31.4 Å². The number of hydrogen-bond donors (Lipinski definition) is 0. The summed E-state index contributed by atoms with van der Waals surface area (Å²) in [7, 11) is 2.20. The van der Waals surface area contributed by atoms with Crippen molar-refractivity contribution in [3.05, 3.63) is 65.7 Å². The Morgan fingerprint density at radius 2 is 1.79 bits per heavy atom. The smallest absolute Gasteiger partial charge is 0.163 e. The summed E-state index contributed by atoms with van der Waals surface area (Å²) in [5.74, 6) is 1.09.